The van der Waals surface area contributed by atoms with Crippen molar-refractivity contribution < 1.29 is 0 Å². The molecule has 0 amide bonds. The number of rotatable bonds is 6. The monoisotopic (exact) mass is 625 g/mol. The van der Waals surface area contributed by atoms with E-state index >= 15 is 0 Å². The second kappa shape index (κ2) is 11.1. The summed E-state index contributed by atoms with van der Waals surface area (Å²) in [5.74, 6) is 0. The molecule has 0 saturated heterocycles. The molecule has 0 aliphatic carbocycles. The molecule has 0 atom stereocenters. The number of thiophene rings is 2. The minimum atomic E-state index is 1.07. The highest BCUT2D eigenvalue weighted by atomic mass is 32.1. The summed E-state index contributed by atoms with van der Waals surface area (Å²) in [4.78, 5) is 11.0. The van der Waals surface area contributed by atoms with Gasteiger partial charge in [-0.1, -0.05) is 78.9 Å². The average molecular weight is 626 g/mol. The van der Waals surface area contributed by atoms with E-state index in [0.717, 1.165) is 44.5 Å². The van der Waals surface area contributed by atoms with Crippen molar-refractivity contribution in [2.45, 2.75) is 0 Å². The summed E-state index contributed by atoms with van der Waals surface area (Å²) in [6.45, 7) is 0. The molecule has 218 valence electrons. The van der Waals surface area contributed by atoms with Crippen LogP contribution in [0.25, 0.3) is 40.6 Å². The van der Waals surface area contributed by atoms with Gasteiger partial charge < -0.3 is 9.80 Å². The molecule has 0 fully saturated rings. The fourth-order valence-electron chi connectivity index (χ4n) is 6.33. The van der Waals surface area contributed by atoms with Crippen LogP contribution in [0.5, 0.6) is 0 Å². The van der Waals surface area contributed by atoms with Crippen LogP contribution in [-0.4, -0.2) is 4.98 Å². The van der Waals surface area contributed by atoms with Crippen LogP contribution in [0.4, 0.5) is 34.1 Å². The molecule has 0 bridgehead atoms. The first-order valence-electron chi connectivity index (χ1n) is 15.3. The number of nitrogens with zero attached hydrogens (tertiary/aromatic N) is 3. The molecule has 0 aliphatic rings. The Hall–Kier alpha value is -5.49. The van der Waals surface area contributed by atoms with Crippen molar-refractivity contribution in [3.8, 4) is 0 Å². The van der Waals surface area contributed by atoms with E-state index in [9.17, 15) is 0 Å². The van der Waals surface area contributed by atoms with Gasteiger partial charge in [-0.3, -0.25) is 0 Å². The summed E-state index contributed by atoms with van der Waals surface area (Å²) in [6.07, 6.45) is 0. The van der Waals surface area contributed by atoms with Crippen LogP contribution in [0.2, 0.25) is 0 Å². The van der Waals surface area contributed by atoms with Gasteiger partial charge in [0.2, 0.25) is 0 Å². The summed E-state index contributed by atoms with van der Waals surface area (Å²) in [5, 5.41) is 3.66. The van der Waals surface area contributed by atoms with Crippen molar-refractivity contribution in [2.24, 2.45) is 0 Å². The fourth-order valence-corrected chi connectivity index (χ4v) is 8.54. The molecule has 0 aliphatic heterocycles. The lowest BCUT2D eigenvalue weighted by atomic mass is 10.1. The number of fused-ring (bicyclic) bond motifs is 6. The Bertz CT molecular complexity index is 2220. The first-order valence-corrected chi connectivity index (χ1v) is 16.9. The predicted octanol–water partition coefficient (Wildman–Crippen LogP) is 12.8. The summed E-state index contributed by atoms with van der Waals surface area (Å²) in [5.41, 5.74) is 7.89. The first-order chi connectivity index (χ1) is 22.8. The molecule has 3 nitrogen and oxygen atoms in total. The van der Waals surface area contributed by atoms with E-state index in [0.29, 0.717) is 0 Å². The Labute approximate surface area is 274 Å². The third kappa shape index (κ3) is 4.60. The lowest BCUT2D eigenvalue weighted by Gasteiger charge is -2.25. The van der Waals surface area contributed by atoms with Crippen LogP contribution in [0.3, 0.4) is 0 Å². The highest BCUT2D eigenvalue weighted by Gasteiger charge is 2.18. The molecule has 9 rings (SSSR count). The molecule has 0 unspecified atom stereocenters. The Morgan fingerprint density at radius 1 is 0.348 bits per heavy atom. The van der Waals surface area contributed by atoms with E-state index in [2.05, 4.69) is 174 Å². The number of aromatic nitrogens is 1. The first kappa shape index (κ1) is 26.9. The van der Waals surface area contributed by atoms with Crippen LogP contribution in [0.1, 0.15) is 0 Å². The standard InChI is InChI=1S/C41H27N3S2/c1-5-13-28(14-6-1)43(29-15-7-2-8-16-29)32-21-23-34-36-27-39-40(42-41(36)46-37(34)25-32)35-24-22-33(26-38(35)45-39)44(30-17-9-3-10-18-30)31-19-11-4-12-20-31/h1-27H. The zero-order chi connectivity index (χ0) is 30.5. The number of pyridine rings is 1. The van der Waals surface area contributed by atoms with Crippen molar-refractivity contribution in [3.05, 3.63) is 164 Å². The van der Waals surface area contributed by atoms with Gasteiger partial charge in [0.25, 0.3) is 0 Å². The number of anilines is 6. The maximum absolute atomic E-state index is 5.29. The largest absolute Gasteiger partial charge is 0.310 e. The van der Waals surface area contributed by atoms with Gasteiger partial charge in [-0.2, -0.15) is 0 Å². The maximum Gasteiger partial charge on any atom is 0.125 e. The van der Waals surface area contributed by atoms with Gasteiger partial charge in [-0.25, -0.2) is 4.98 Å². The maximum atomic E-state index is 5.29. The molecular weight excluding hydrogens is 599 g/mol. The fraction of sp³-hybridized carbons (Fsp3) is 0. The molecule has 0 saturated carbocycles. The van der Waals surface area contributed by atoms with Crippen molar-refractivity contribution in [1.29, 1.82) is 0 Å². The topological polar surface area (TPSA) is 19.4 Å². The van der Waals surface area contributed by atoms with E-state index < -0.39 is 0 Å². The van der Waals surface area contributed by atoms with Crippen LogP contribution in [0.15, 0.2) is 164 Å². The van der Waals surface area contributed by atoms with Crippen molar-refractivity contribution in [3.63, 3.8) is 0 Å². The SMILES string of the molecule is c1ccc(N(c2ccccc2)c2ccc3c(c2)sc2nc4c(cc23)sc2cc(N(c3ccccc3)c3ccccc3)ccc24)cc1. The highest BCUT2D eigenvalue weighted by Crippen LogP contribution is 2.44. The van der Waals surface area contributed by atoms with Gasteiger partial charge in [0.1, 0.15) is 4.83 Å². The summed E-state index contributed by atoms with van der Waals surface area (Å²) >= 11 is 3.59. The molecule has 0 radical (unpaired) electrons. The predicted molar refractivity (Wildman–Crippen MR) is 199 cm³/mol. The minimum Gasteiger partial charge on any atom is -0.310 e. The van der Waals surface area contributed by atoms with E-state index in [1.807, 2.05) is 11.3 Å². The van der Waals surface area contributed by atoms with E-state index in [1.165, 1.54) is 30.3 Å². The second-order valence-electron chi connectivity index (χ2n) is 11.3. The molecule has 6 aromatic carbocycles. The van der Waals surface area contributed by atoms with Crippen LogP contribution >= 0.6 is 22.7 Å². The number of benzene rings is 6. The third-order valence-corrected chi connectivity index (χ3v) is 10.6. The van der Waals surface area contributed by atoms with Crippen LogP contribution in [-0.2, 0) is 0 Å². The molecule has 0 N–H and O–H groups in total. The Kier molecular flexibility index (Phi) is 6.51. The second-order valence-corrected chi connectivity index (χ2v) is 13.4. The molecule has 3 heterocycles. The Morgan fingerprint density at radius 2 is 0.783 bits per heavy atom. The van der Waals surface area contributed by atoms with E-state index in [-0.39, 0.29) is 0 Å². The van der Waals surface area contributed by atoms with Gasteiger partial charge in [0.05, 0.1) is 10.2 Å². The zero-order valence-corrected chi connectivity index (χ0v) is 26.4. The number of hydrogen-bond acceptors (Lipinski definition) is 5. The smallest absolute Gasteiger partial charge is 0.125 e. The van der Waals surface area contributed by atoms with Crippen molar-refractivity contribution in [1.82, 2.24) is 4.98 Å². The minimum absolute atomic E-state index is 1.07. The average Bonchev–Trinajstić information content (AvgIpc) is 3.65. The quantitative estimate of drug-likeness (QED) is 0.183. The zero-order valence-electron chi connectivity index (χ0n) is 24.7. The van der Waals surface area contributed by atoms with Crippen molar-refractivity contribution in [2.75, 3.05) is 9.80 Å². The van der Waals surface area contributed by atoms with Gasteiger partial charge in [-0.05, 0) is 84.9 Å². The van der Waals surface area contributed by atoms with Gasteiger partial charge in [0.15, 0.2) is 0 Å². The number of para-hydroxylation sites is 4. The van der Waals surface area contributed by atoms with Gasteiger partial charge in [0, 0.05) is 59.7 Å². The Morgan fingerprint density at radius 3 is 1.26 bits per heavy atom. The molecular formula is C41H27N3S2. The molecule has 5 heteroatoms. The van der Waals surface area contributed by atoms with Gasteiger partial charge in [-0.15, -0.1) is 22.7 Å². The number of hydrogen-bond donors (Lipinski definition) is 0. The van der Waals surface area contributed by atoms with Crippen molar-refractivity contribution >= 4 is 97.4 Å². The molecule has 3 aromatic heterocycles. The summed E-state index contributed by atoms with van der Waals surface area (Å²) in [7, 11) is 0. The summed E-state index contributed by atoms with van der Waals surface area (Å²) in [6, 6.07) is 58.2. The molecule has 46 heavy (non-hydrogen) atoms. The third-order valence-electron chi connectivity index (χ3n) is 8.43. The lowest BCUT2D eigenvalue weighted by molar-refractivity contribution is 1.29. The lowest BCUT2D eigenvalue weighted by Crippen LogP contribution is -2.09. The summed E-state index contributed by atoms with van der Waals surface area (Å²) < 4.78 is 3.69. The highest BCUT2D eigenvalue weighted by molar-refractivity contribution is 7.27. The molecule has 0 spiro atoms. The van der Waals surface area contributed by atoms with Crippen LogP contribution in [0, 0.1) is 0 Å². The Balaban J connectivity index is 1.15. The van der Waals surface area contributed by atoms with E-state index in [4.69, 9.17) is 4.98 Å². The van der Waals surface area contributed by atoms with Gasteiger partial charge >= 0.3 is 0 Å². The normalized spacial score (nSPS) is 11.5. The van der Waals surface area contributed by atoms with Crippen LogP contribution < -0.4 is 9.80 Å². The van der Waals surface area contributed by atoms with E-state index in [1.54, 1.807) is 11.3 Å². The molecule has 9 aromatic rings.